The average Bonchev–Trinajstić information content (AvgIpc) is 2.84. The van der Waals surface area contributed by atoms with Gasteiger partial charge in [0.05, 0.1) is 12.4 Å². The van der Waals surface area contributed by atoms with E-state index in [9.17, 15) is 14.4 Å². The van der Waals surface area contributed by atoms with Crippen molar-refractivity contribution in [2.45, 2.75) is 18.7 Å². The van der Waals surface area contributed by atoms with Crippen molar-refractivity contribution >= 4 is 41.3 Å². The maximum atomic E-state index is 13.1. The van der Waals surface area contributed by atoms with Gasteiger partial charge in [-0.15, -0.1) is 11.8 Å². The van der Waals surface area contributed by atoms with Crippen LogP contribution in [0.2, 0.25) is 0 Å². The molecular formula is C27H26N2O4S. The molecule has 0 aliphatic carbocycles. The van der Waals surface area contributed by atoms with E-state index in [1.54, 1.807) is 55.5 Å². The van der Waals surface area contributed by atoms with E-state index in [4.69, 9.17) is 4.74 Å². The first-order chi connectivity index (χ1) is 16.4. The summed E-state index contributed by atoms with van der Waals surface area (Å²) in [6.07, 6.45) is 1.63. The van der Waals surface area contributed by atoms with E-state index >= 15 is 0 Å². The zero-order valence-corrected chi connectivity index (χ0v) is 19.9. The third kappa shape index (κ3) is 7.64. The fourth-order valence-corrected chi connectivity index (χ4v) is 3.73. The number of nitrogens with one attached hydrogen (secondary N) is 2. The Labute approximate surface area is 203 Å². The zero-order chi connectivity index (χ0) is 24.3. The summed E-state index contributed by atoms with van der Waals surface area (Å²) >= 11 is 1.32. The van der Waals surface area contributed by atoms with Gasteiger partial charge < -0.3 is 15.4 Å². The van der Waals surface area contributed by atoms with Crippen molar-refractivity contribution in [3.8, 4) is 0 Å². The second kappa shape index (κ2) is 12.4. The van der Waals surface area contributed by atoms with Crippen molar-refractivity contribution in [3.63, 3.8) is 0 Å². The number of aryl methyl sites for hydroxylation is 1. The Bertz CT molecular complexity index is 1170. The van der Waals surface area contributed by atoms with Crippen LogP contribution < -0.4 is 10.6 Å². The molecule has 0 aromatic heterocycles. The molecule has 0 saturated heterocycles. The van der Waals surface area contributed by atoms with Crippen LogP contribution in [0.4, 0.5) is 5.69 Å². The maximum Gasteiger partial charge on any atom is 0.316 e. The molecule has 0 atom stereocenters. The summed E-state index contributed by atoms with van der Waals surface area (Å²) in [6.45, 7) is 4.07. The molecule has 0 spiro atoms. The Morgan fingerprint density at radius 2 is 1.68 bits per heavy atom. The van der Waals surface area contributed by atoms with Crippen molar-refractivity contribution in [2.24, 2.45) is 0 Å². The number of thioether (sulfide) groups is 1. The predicted molar refractivity (Wildman–Crippen MR) is 135 cm³/mol. The molecule has 0 unspecified atom stereocenters. The Balaban J connectivity index is 1.78. The predicted octanol–water partition coefficient (Wildman–Crippen LogP) is 5.06. The summed E-state index contributed by atoms with van der Waals surface area (Å²) in [5, 5.41) is 5.56. The molecule has 0 aliphatic rings. The molecule has 3 aromatic rings. The minimum absolute atomic E-state index is 0.113. The maximum absolute atomic E-state index is 13.1. The Morgan fingerprint density at radius 1 is 0.941 bits per heavy atom. The molecule has 0 aliphatic heterocycles. The molecule has 3 aromatic carbocycles. The van der Waals surface area contributed by atoms with Gasteiger partial charge in [0, 0.05) is 16.1 Å². The molecule has 2 N–H and O–H groups in total. The third-order valence-electron chi connectivity index (χ3n) is 4.67. The van der Waals surface area contributed by atoms with Crippen molar-refractivity contribution in [1.82, 2.24) is 5.32 Å². The van der Waals surface area contributed by atoms with E-state index < -0.39 is 5.91 Å². The number of hydrogen-bond acceptors (Lipinski definition) is 5. The molecule has 0 bridgehead atoms. The van der Waals surface area contributed by atoms with Gasteiger partial charge in [-0.05, 0) is 55.8 Å². The van der Waals surface area contributed by atoms with Gasteiger partial charge >= 0.3 is 5.97 Å². The van der Waals surface area contributed by atoms with E-state index in [0.717, 1.165) is 16.0 Å². The Morgan fingerprint density at radius 3 is 2.38 bits per heavy atom. The highest BCUT2D eigenvalue weighted by atomic mass is 32.2. The first-order valence-electron chi connectivity index (χ1n) is 10.8. The lowest BCUT2D eigenvalue weighted by molar-refractivity contribution is -0.139. The van der Waals surface area contributed by atoms with Gasteiger partial charge in [0.2, 0.25) is 0 Å². The molecule has 0 radical (unpaired) electrons. The summed E-state index contributed by atoms with van der Waals surface area (Å²) < 4.78 is 4.95. The SMILES string of the molecule is CCOC(=O)CSc1cccc(NC(=O)/C(=C\c2ccc(C)cc2)NC(=O)c2ccccc2)c1. The van der Waals surface area contributed by atoms with Crippen molar-refractivity contribution < 1.29 is 19.1 Å². The number of rotatable bonds is 9. The quantitative estimate of drug-likeness (QED) is 0.257. The molecule has 34 heavy (non-hydrogen) atoms. The standard InChI is InChI=1S/C27H26N2O4S/c1-3-33-25(30)18-34-23-11-7-10-22(17-23)28-27(32)24(16-20-14-12-19(2)13-15-20)29-26(31)21-8-5-4-6-9-21/h4-17H,3,18H2,1-2H3,(H,28,32)(H,29,31)/b24-16+. The Kier molecular flexibility index (Phi) is 9.05. The second-order valence-electron chi connectivity index (χ2n) is 7.36. The number of hydrogen-bond donors (Lipinski definition) is 2. The van der Waals surface area contributed by atoms with Crippen LogP contribution in [0, 0.1) is 6.92 Å². The number of esters is 1. The molecular weight excluding hydrogens is 448 g/mol. The van der Waals surface area contributed by atoms with Crippen molar-refractivity contribution in [3.05, 3.63) is 101 Å². The van der Waals surface area contributed by atoms with Crippen LogP contribution in [0.3, 0.4) is 0 Å². The summed E-state index contributed by atoms with van der Waals surface area (Å²) in [7, 11) is 0. The summed E-state index contributed by atoms with van der Waals surface area (Å²) in [5.74, 6) is -0.962. The lowest BCUT2D eigenvalue weighted by Gasteiger charge is -2.12. The fourth-order valence-electron chi connectivity index (χ4n) is 2.98. The highest BCUT2D eigenvalue weighted by Crippen LogP contribution is 2.22. The minimum atomic E-state index is -0.461. The largest absolute Gasteiger partial charge is 0.465 e. The van der Waals surface area contributed by atoms with Crippen LogP contribution in [0.5, 0.6) is 0 Å². The third-order valence-corrected chi connectivity index (χ3v) is 5.64. The van der Waals surface area contributed by atoms with Crippen LogP contribution >= 0.6 is 11.8 Å². The monoisotopic (exact) mass is 474 g/mol. The summed E-state index contributed by atoms with van der Waals surface area (Å²) in [5.41, 5.74) is 2.98. The number of carbonyl (C=O) groups excluding carboxylic acids is 3. The number of ether oxygens (including phenoxy) is 1. The normalized spacial score (nSPS) is 10.9. The highest BCUT2D eigenvalue weighted by Gasteiger charge is 2.15. The van der Waals surface area contributed by atoms with Gasteiger partial charge in [0.15, 0.2) is 0 Å². The van der Waals surface area contributed by atoms with E-state index in [2.05, 4.69) is 10.6 Å². The second-order valence-corrected chi connectivity index (χ2v) is 8.41. The molecule has 0 saturated carbocycles. The Hall–Kier alpha value is -3.84. The number of anilines is 1. The van der Waals surface area contributed by atoms with Gasteiger partial charge in [0.1, 0.15) is 5.70 Å². The van der Waals surface area contributed by atoms with Crippen LogP contribution in [0.15, 0.2) is 89.5 Å². The fraction of sp³-hybridized carbons (Fsp3) is 0.148. The van der Waals surface area contributed by atoms with Gasteiger partial charge in [-0.3, -0.25) is 14.4 Å². The molecule has 7 heteroatoms. The van der Waals surface area contributed by atoms with Gasteiger partial charge in [0.25, 0.3) is 11.8 Å². The molecule has 6 nitrogen and oxygen atoms in total. The zero-order valence-electron chi connectivity index (χ0n) is 19.0. The van der Waals surface area contributed by atoms with Crippen molar-refractivity contribution in [2.75, 3.05) is 17.7 Å². The molecule has 0 fully saturated rings. The van der Waals surface area contributed by atoms with Crippen LogP contribution in [0.1, 0.15) is 28.4 Å². The van der Waals surface area contributed by atoms with E-state index in [1.165, 1.54) is 11.8 Å². The van der Waals surface area contributed by atoms with Gasteiger partial charge in [-0.2, -0.15) is 0 Å². The van der Waals surface area contributed by atoms with Gasteiger partial charge in [-0.1, -0.05) is 54.1 Å². The van der Waals surface area contributed by atoms with Crippen LogP contribution in [-0.4, -0.2) is 30.1 Å². The molecule has 2 amide bonds. The summed E-state index contributed by atoms with van der Waals surface area (Å²) in [6, 6.07) is 23.5. The minimum Gasteiger partial charge on any atom is -0.465 e. The van der Waals surface area contributed by atoms with Crippen LogP contribution in [-0.2, 0) is 14.3 Å². The smallest absolute Gasteiger partial charge is 0.316 e. The van der Waals surface area contributed by atoms with E-state index in [1.807, 2.05) is 43.3 Å². The summed E-state index contributed by atoms with van der Waals surface area (Å²) in [4.78, 5) is 38.3. The van der Waals surface area contributed by atoms with Crippen LogP contribution in [0.25, 0.3) is 6.08 Å². The molecule has 0 heterocycles. The van der Waals surface area contributed by atoms with E-state index in [-0.39, 0.29) is 23.3 Å². The number of carbonyl (C=O) groups is 3. The highest BCUT2D eigenvalue weighted by molar-refractivity contribution is 8.00. The van der Waals surface area contributed by atoms with Crippen molar-refractivity contribution in [1.29, 1.82) is 0 Å². The average molecular weight is 475 g/mol. The molecule has 3 rings (SSSR count). The first kappa shape index (κ1) is 24.8. The lowest BCUT2D eigenvalue weighted by Crippen LogP contribution is -2.30. The van der Waals surface area contributed by atoms with Gasteiger partial charge in [-0.25, -0.2) is 0 Å². The number of amides is 2. The number of benzene rings is 3. The molecule has 174 valence electrons. The first-order valence-corrected chi connectivity index (χ1v) is 11.8. The lowest BCUT2D eigenvalue weighted by atomic mass is 10.1. The van der Waals surface area contributed by atoms with E-state index in [0.29, 0.717) is 17.9 Å². The topological polar surface area (TPSA) is 84.5 Å².